The number of aromatic nitrogens is 4. The summed E-state index contributed by atoms with van der Waals surface area (Å²) in [4.78, 5) is 29.2. The number of carbonyl (C=O) groups excluding carboxylic acids is 1. The van der Waals surface area contributed by atoms with Crippen LogP contribution >= 0.6 is 0 Å². The number of imidazole rings is 1. The number of benzene rings is 2. The van der Waals surface area contributed by atoms with Crippen LogP contribution in [0.2, 0.25) is 0 Å². The van der Waals surface area contributed by atoms with E-state index >= 15 is 0 Å². The number of esters is 1. The number of hydrogen-bond acceptors (Lipinski definition) is 7. The Bertz CT molecular complexity index is 1830. The molecule has 1 aliphatic carbocycles. The minimum absolute atomic E-state index is 0.00394. The second kappa shape index (κ2) is 11.7. The normalized spacial score (nSPS) is 20.2. The molecule has 1 saturated carbocycles. The van der Waals surface area contributed by atoms with E-state index in [1.807, 2.05) is 42.5 Å². The van der Waals surface area contributed by atoms with Gasteiger partial charge in [0, 0.05) is 43.0 Å². The molecule has 8 nitrogen and oxygen atoms in total. The Morgan fingerprint density at radius 2 is 1.73 bits per heavy atom. The third-order valence-electron chi connectivity index (χ3n) is 9.86. The first-order chi connectivity index (χ1) is 21.8. The van der Waals surface area contributed by atoms with Crippen molar-refractivity contribution in [3.8, 4) is 28.3 Å². The molecular weight excluding hydrogens is 560 g/mol. The van der Waals surface area contributed by atoms with E-state index in [2.05, 4.69) is 64.7 Å². The van der Waals surface area contributed by atoms with Crippen LogP contribution in [0.25, 0.3) is 39.5 Å². The summed E-state index contributed by atoms with van der Waals surface area (Å²) in [5, 5.41) is 0. The highest BCUT2D eigenvalue weighted by molar-refractivity contribution is 5.84. The summed E-state index contributed by atoms with van der Waals surface area (Å²) in [6.07, 6.45) is 4.76. The standard InChI is InChI=1S/C37H40N6O2/c1-37(2)20-24(11-16-30(37)36(44)45-3)21-42-22-27(23-42)25-12-14-28(15-13-25)43-34(29-10-7-19-39-33(29)38)41-32-18-17-31(40-35(32)43)26-8-5-4-6-9-26/h4-10,12-15,17-19,24,27,30H,11,16,20-23H2,1-3H3,(H2,38,39)/t24-,30-/m0/s1. The molecule has 0 bridgehead atoms. The highest BCUT2D eigenvalue weighted by atomic mass is 16.5. The largest absolute Gasteiger partial charge is 0.469 e. The van der Waals surface area contributed by atoms with Gasteiger partial charge in [-0.05, 0) is 72.6 Å². The third kappa shape index (κ3) is 5.59. The van der Waals surface area contributed by atoms with Gasteiger partial charge in [0.15, 0.2) is 11.5 Å². The van der Waals surface area contributed by atoms with Gasteiger partial charge in [0.2, 0.25) is 0 Å². The number of fused-ring (bicyclic) bond motifs is 1. The molecule has 3 aromatic heterocycles. The lowest BCUT2D eigenvalue weighted by atomic mass is 9.65. The number of likely N-dealkylation sites (tertiary alicyclic amines) is 1. The van der Waals surface area contributed by atoms with Crippen LogP contribution in [0.3, 0.4) is 0 Å². The zero-order valence-corrected chi connectivity index (χ0v) is 26.2. The summed E-state index contributed by atoms with van der Waals surface area (Å²) in [6, 6.07) is 26.9. The van der Waals surface area contributed by atoms with Crippen molar-refractivity contribution in [1.29, 1.82) is 0 Å². The third-order valence-corrected chi connectivity index (χ3v) is 9.86. The Morgan fingerprint density at radius 1 is 0.956 bits per heavy atom. The van der Waals surface area contributed by atoms with Crippen LogP contribution in [0.4, 0.5) is 5.82 Å². The number of ether oxygens (including phenoxy) is 1. The highest BCUT2D eigenvalue weighted by Crippen LogP contribution is 2.45. The van der Waals surface area contributed by atoms with Gasteiger partial charge in [-0.25, -0.2) is 15.0 Å². The molecule has 2 aromatic carbocycles. The first kappa shape index (κ1) is 29.2. The molecule has 0 unspecified atom stereocenters. The van der Waals surface area contributed by atoms with Crippen LogP contribution in [0.5, 0.6) is 0 Å². The topological polar surface area (TPSA) is 99.2 Å². The second-order valence-corrected chi connectivity index (χ2v) is 13.3. The molecule has 2 fully saturated rings. The summed E-state index contributed by atoms with van der Waals surface area (Å²) in [5.41, 5.74) is 13.0. The van der Waals surface area contributed by atoms with E-state index in [1.165, 1.54) is 12.7 Å². The van der Waals surface area contributed by atoms with E-state index in [0.717, 1.165) is 78.4 Å². The number of carbonyl (C=O) groups is 1. The van der Waals surface area contributed by atoms with Gasteiger partial charge >= 0.3 is 5.97 Å². The fraction of sp³-hybridized carbons (Fsp3) is 0.351. The minimum atomic E-state index is -0.0574. The van der Waals surface area contributed by atoms with Crippen molar-refractivity contribution < 1.29 is 9.53 Å². The lowest BCUT2D eigenvalue weighted by Crippen LogP contribution is -2.49. The number of pyridine rings is 2. The lowest BCUT2D eigenvalue weighted by Gasteiger charge is -2.46. The molecule has 2 atom stereocenters. The number of anilines is 1. The van der Waals surface area contributed by atoms with Gasteiger partial charge in [0.1, 0.15) is 11.3 Å². The van der Waals surface area contributed by atoms with Gasteiger partial charge in [-0.1, -0.05) is 56.3 Å². The van der Waals surface area contributed by atoms with Crippen molar-refractivity contribution in [1.82, 2.24) is 24.4 Å². The zero-order valence-electron chi connectivity index (χ0n) is 26.2. The molecule has 1 aliphatic heterocycles. The number of nitrogen functional groups attached to an aromatic ring is 1. The maximum Gasteiger partial charge on any atom is 0.309 e. The van der Waals surface area contributed by atoms with Crippen molar-refractivity contribution in [2.75, 3.05) is 32.5 Å². The molecule has 2 aliphatic rings. The number of methoxy groups -OCH3 is 1. The van der Waals surface area contributed by atoms with Crippen molar-refractivity contribution in [2.45, 2.75) is 39.0 Å². The molecule has 1 saturated heterocycles. The lowest BCUT2D eigenvalue weighted by molar-refractivity contribution is -0.152. The maximum atomic E-state index is 12.3. The van der Waals surface area contributed by atoms with Crippen molar-refractivity contribution in [3.05, 3.63) is 90.6 Å². The Kier molecular flexibility index (Phi) is 7.61. The summed E-state index contributed by atoms with van der Waals surface area (Å²) < 4.78 is 7.18. The SMILES string of the molecule is COC(=O)[C@@H]1CC[C@H](CN2CC(c3ccc(-n4c(-c5cccnc5N)nc5ccc(-c6ccccc6)nc54)cc3)C2)CC1(C)C. The fourth-order valence-electron chi connectivity index (χ4n) is 7.47. The minimum Gasteiger partial charge on any atom is -0.469 e. The summed E-state index contributed by atoms with van der Waals surface area (Å²) in [5.74, 6) is 2.23. The van der Waals surface area contributed by atoms with E-state index in [9.17, 15) is 4.79 Å². The predicted molar refractivity (Wildman–Crippen MR) is 178 cm³/mol. The first-order valence-electron chi connectivity index (χ1n) is 15.9. The van der Waals surface area contributed by atoms with E-state index in [-0.39, 0.29) is 17.3 Å². The van der Waals surface area contributed by atoms with Crippen LogP contribution in [0, 0.1) is 17.3 Å². The van der Waals surface area contributed by atoms with Gasteiger partial charge < -0.3 is 15.4 Å². The Labute approximate surface area is 264 Å². The van der Waals surface area contributed by atoms with E-state index in [4.69, 9.17) is 20.4 Å². The first-order valence-corrected chi connectivity index (χ1v) is 15.9. The van der Waals surface area contributed by atoms with Gasteiger partial charge in [-0.15, -0.1) is 0 Å². The smallest absolute Gasteiger partial charge is 0.309 e. The number of rotatable bonds is 7. The average Bonchev–Trinajstić information content (AvgIpc) is 3.41. The monoisotopic (exact) mass is 600 g/mol. The Balaban J connectivity index is 1.11. The zero-order chi connectivity index (χ0) is 31.1. The van der Waals surface area contributed by atoms with Gasteiger partial charge in [0.25, 0.3) is 0 Å². The van der Waals surface area contributed by atoms with E-state index < -0.39 is 0 Å². The molecular formula is C37H40N6O2. The summed E-state index contributed by atoms with van der Waals surface area (Å²) >= 11 is 0. The highest BCUT2D eigenvalue weighted by Gasteiger charge is 2.42. The molecule has 8 heteroatoms. The van der Waals surface area contributed by atoms with Crippen LogP contribution in [0.15, 0.2) is 85.1 Å². The molecule has 0 spiro atoms. The molecule has 45 heavy (non-hydrogen) atoms. The van der Waals surface area contributed by atoms with Gasteiger partial charge in [-0.3, -0.25) is 9.36 Å². The van der Waals surface area contributed by atoms with Crippen LogP contribution in [-0.4, -0.2) is 57.1 Å². The van der Waals surface area contributed by atoms with E-state index in [1.54, 1.807) is 6.20 Å². The van der Waals surface area contributed by atoms with Crippen LogP contribution < -0.4 is 5.73 Å². The molecule has 4 heterocycles. The van der Waals surface area contributed by atoms with Crippen LogP contribution in [0.1, 0.15) is 44.6 Å². The Morgan fingerprint density at radius 3 is 2.44 bits per heavy atom. The Hall–Kier alpha value is -4.56. The van der Waals surface area contributed by atoms with Gasteiger partial charge in [-0.2, -0.15) is 0 Å². The van der Waals surface area contributed by atoms with Crippen molar-refractivity contribution in [3.63, 3.8) is 0 Å². The number of hydrogen-bond donors (Lipinski definition) is 1. The predicted octanol–water partition coefficient (Wildman–Crippen LogP) is 6.75. The molecule has 5 aromatic rings. The summed E-state index contributed by atoms with van der Waals surface area (Å²) in [7, 11) is 1.50. The molecule has 230 valence electrons. The molecule has 0 amide bonds. The van der Waals surface area contributed by atoms with Crippen molar-refractivity contribution >= 4 is 23.0 Å². The molecule has 7 rings (SSSR count). The van der Waals surface area contributed by atoms with Crippen LogP contribution in [-0.2, 0) is 9.53 Å². The van der Waals surface area contributed by atoms with Crippen molar-refractivity contribution in [2.24, 2.45) is 17.3 Å². The van der Waals surface area contributed by atoms with E-state index in [0.29, 0.717) is 17.7 Å². The average molecular weight is 601 g/mol. The summed E-state index contributed by atoms with van der Waals surface area (Å²) in [6.45, 7) is 7.65. The number of nitrogens with two attached hydrogens (primary N) is 1. The fourth-order valence-corrected chi connectivity index (χ4v) is 7.47. The van der Waals surface area contributed by atoms with Gasteiger partial charge in [0.05, 0.1) is 24.3 Å². The second-order valence-electron chi connectivity index (χ2n) is 13.3. The molecule has 2 N–H and O–H groups in total. The molecule has 0 radical (unpaired) electrons. The maximum absolute atomic E-state index is 12.3. The number of nitrogens with zero attached hydrogens (tertiary/aromatic N) is 5. The quantitative estimate of drug-likeness (QED) is 0.206.